The number of rotatable bonds is 4. The summed E-state index contributed by atoms with van der Waals surface area (Å²) in [5, 5.41) is 0. The Morgan fingerprint density at radius 1 is 1.32 bits per heavy atom. The maximum atomic E-state index is 12.7. The topological polar surface area (TPSA) is 23.6 Å². The maximum absolute atomic E-state index is 12.7. The Morgan fingerprint density at radius 2 is 2.00 bits per heavy atom. The van der Waals surface area contributed by atoms with E-state index in [1.165, 1.54) is 0 Å². The van der Waals surface area contributed by atoms with E-state index in [4.69, 9.17) is 0 Å². The lowest BCUT2D eigenvalue weighted by molar-refractivity contribution is -0.187. The predicted octanol–water partition coefficient (Wildman–Crippen LogP) is 2.27. The van der Waals surface area contributed by atoms with E-state index in [0.29, 0.717) is 25.6 Å². The molecule has 110 valence electrons. The minimum absolute atomic E-state index is 0.0205. The summed E-state index contributed by atoms with van der Waals surface area (Å²) in [6, 6.07) is 0.334. The molecule has 0 radical (unpaired) electrons. The fourth-order valence-electron chi connectivity index (χ4n) is 2.77. The first-order chi connectivity index (χ1) is 8.91. The number of carbonyl (C=O) groups is 1. The molecule has 1 saturated carbocycles. The van der Waals surface area contributed by atoms with Crippen LogP contribution in [0.5, 0.6) is 0 Å². The summed E-state index contributed by atoms with van der Waals surface area (Å²) in [5.74, 6) is -1.29. The summed E-state index contributed by atoms with van der Waals surface area (Å²) in [6.45, 7) is 3.28. The van der Waals surface area contributed by atoms with Gasteiger partial charge in [0.25, 0.3) is 0 Å². The zero-order valence-corrected chi connectivity index (χ0v) is 11.2. The van der Waals surface area contributed by atoms with Crippen molar-refractivity contribution in [1.82, 2.24) is 9.80 Å². The Bertz CT molecular complexity index is 328. The van der Waals surface area contributed by atoms with Crippen molar-refractivity contribution in [3.63, 3.8) is 0 Å². The predicted molar refractivity (Wildman–Crippen MR) is 65.6 cm³/mol. The lowest BCUT2D eigenvalue weighted by Gasteiger charge is -2.34. The van der Waals surface area contributed by atoms with Gasteiger partial charge in [-0.25, -0.2) is 0 Å². The molecule has 0 aromatic rings. The molecule has 1 aliphatic heterocycles. The number of halogens is 3. The van der Waals surface area contributed by atoms with Crippen LogP contribution >= 0.6 is 0 Å². The molecule has 0 aromatic carbocycles. The van der Waals surface area contributed by atoms with Crippen LogP contribution in [0.1, 0.15) is 32.6 Å². The van der Waals surface area contributed by atoms with Crippen molar-refractivity contribution >= 4 is 5.91 Å². The summed E-state index contributed by atoms with van der Waals surface area (Å²) in [5.41, 5.74) is 0. The molecule has 2 aliphatic rings. The second-order valence-electron chi connectivity index (χ2n) is 5.53. The van der Waals surface area contributed by atoms with E-state index in [1.807, 2.05) is 6.92 Å². The van der Waals surface area contributed by atoms with Crippen molar-refractivity contribution in [2.24, 2.45) is 5.92 Å². The van der Waals surface area contributed by atoms with Gasteiger partial charge in [-0.2, -0.15) is 13.2 Å². The van der Waals surface area contributed by atoms with E-state index in [2.05, 4.69) is 0 Å². The highest BCUT2D eigenvalue weighted by molar-refractivity contribution is 5.78. The molecule has 0 spiro atoms. The minimum Gasteiger partial charge on any atom is -0.339 e. The molecule has 2 rings (SSSR count). The molecule has 1 aliphatic carbocycles. The highest BCUT2D eigenvalue weighted by atomic mass is 19.4. The number of amides is 1. The number of alkyl halides is 3. The second kappa shape index (κ2) is 5.69. The van der Waals surface area contributed by atoms with Gasteiger partial charge in [-0.15, -0.1) is 0 Å². The van der Waals surface area contributed by atoms with E-state index in [1.54, 1.807) is 9.80 Å². The summed E-state index contributed by atoms with van der Waals surface area (Å²) in [6.07, 6.45) is -1.36. The van der Waals surface area contributed by atoms with Crippen LogP contribution in [0.4, 0.5) is 13.2 Å². The first-order valence-electron chi connectivity index (χ1n) is 7.00. The van der Waals surface area contributed by atoms with E-state index in [-0.39, 0.29) is 25.4 Å². The first kappa shape index (κ1) is 14.6. The van der Waals surface area contributed by atoms with Gasteiger partial charge in [0.05, 0.1) is 12.5 Å². The number of likely N-dealkylation sites (tertiary alicyclic amines) is 1. The third kappa shape index (κ3) is 3.84. The monoisotopic (exact) mass is 278 g/mol. The number of nitrogens with zero attached hydrogens (tertiary/aromatic N) is 2. The summed E-state index contributed by atoms with van der Waals surface area (Å²) in [4.78, 5) is 15.5. The van der Waals surface area contributed by atoms with Crippen LogP contribution < -0.4 is 0 Å². The normalized spacial score (nSPS) is 25.4. The lowest BCUT2D eigenvalue weighted by Crippen LogP contribution is -2.47. The van der Waals surface area contributed by atoms with Gasteiger partial charge in [-0.3, -0.25) is 9.69 Å². The van der Waals surface area contributed by atoms with Crippen LogP contribution in [0.3, 0.4) is 0 Å². The maximum Gasteiger partial charge on any atom is 0.393 e. The van der Waals surface area contributed by atoms with E-state index in [9.17, 15) is 18.0 Å². The smallest absolute Gasteiger partial charge is 0.339 e. The number of likely N-dealkylation sites (N-methyl/N-ethyl adjacent to an activating group) is 1. The average molecular weight is 278 g/mol. The van der Waals surface area contributed by atoms with Gasteiger partial charge in [0, 0.05) is 19.1 Å². The van der Waals surface area contributed by atoms with Crippen molar-refractivity contribution < 1.29 is 18.0 Å². The van der Waals surface area contributed by atoms with Crippen molar-refractivity contribution in [3.05, 3.63) is 0 Å². The number of piperidine rings is 1. The van der Waals surface area contributed by atoms with Crippen LogP contribution in [-0.4, -0.2) is 54.1 Å². The molecular formula is C13H21F3N2O. The third-order valence-electron chi connectivity index (χ3n) is 3.98. The highest BCUT2D eigenvalue weighted by Gasteiger charge is 2.42. The van der Waals surface area contributed by atoms with Gasteiger partial charge in [-0.05, 0) is 39.2 Å². The molecule has 1 heterocycles. The Balaban J connectivity index is 1.86. The van der Waals surface area contributed by atoms with Crippen LogP contribution in [0.15, 0.2) is 0 Å². The zero-order valence-electron chi connectivity index (χ0n) is 11.2. The fraction of sp³-hybridized carbons (Fsp3) is 0.923. The Kier molecular flexibility index (Phi) is 4.38. The molecule has 6 heteroatoms. The zero-order chi connectivity index (χ0) is 14.0. The summed E-state index contributed by atoms with van der Waals surface area (Å²) < 4.78 is 38.1. The van der Waals surface area contributed by atoms with Crippen molar-refractivity contribution in [2.45, 2.75) is 44.8 Å². The van der Waals surface area contributed by atoms with Gasteiger partial charge in [0.15, 0.2) is 0 Å². The molecule has 0 aromatic heterocycles. The van der Waals surface area contributed by atoms with E-state index in [0.717, 1.165) is 12.8 Å². The van der Waals surface area contributed by atoms with Crippen LogP contribution in [-0.2, 0) is 4.79 Å². The lowest BCUT2D eigenvalue weighted by atomic mass is 9.97. The van der Waals surface area contributed by atoms with Gasteiger partial charge >= 0.3 is 6.18 Å². The fourth-order valence-corrected chi connectivity index (χ4v) is 2.77. The molecular weight excluding hydrogens is 257 g/mol. The SMILES string of the molecule is CCN(C(=O)CN1CCC[C@@H](C(F)(F)F)C1)C1CC1. The largest absolute Gasteiger partial charge is 0.393 e. The van der Waals surface area contributed by atoms with Crippen molar-refractivity contribution in [1.29, 1.82) is 0 Å². The van der Waals surface area contributed by atoms with Crippen LogP contribution in [0, 0.1) is 5.92 Å². The number of hydrogen-bond acceptors (Lipinski definition) is 2. The molecule has 0 unspecified atom stereocenters. The highest BCUT2D eigenvalue weighted by Crippen LogP contribution is 2.33. The van der Waals surface area contributed by atoms with Gasteiger partial charge < -0.3 is 4.90 Å². The van der Waals surface area contributed by atoms with Crippen LogP contribution in [0.25, 0.3) is 0 Å². The minimum atomic E-state index is -4.14. The summed E-state index contributed by atoms with van der Waals surface area (Å²) in [7, 11) is 0. The van der Waals surface area contributed by atoms with Crippen LogP contribution in [0.2, 0.25) is 0 Å². The standard InChI is InChI=1S/C13H21F3N2O/c1-2-18(11-5-6-11)12(19)9-17-7-3-4-10(8-17)13(14,15)16/h10-11H,2-9H2,1H3/t10-/m1/s1. The van der Waals surface area contributed by atoms with Gasteiger partial charge in [0.1, 0.15) is 0 Å². The van der Waals surface area contributed by atoms with Crippen molar-refractivity contribution in [2.75, 3.05) is 26.2 Å². The van der Waals surface area contributed by atoms with Gasteiger partial charge in [-0.1, -0.05) is 0 Å². The molecule has 2 fully saturated rings. The molecule has 19 heavy (non-hydrogen) atoms. The molecule has 0 bridgehead atoms. The molecule has 0 N–H and O–H groups in total. The van der Waals surface area contributed by atoms with Gasteiger partial charge in [0.2, 0.25) is 5.91 Å². The third-order valence-corrected chi connectivity index (χ3v) is 3.98. The van der Waals surface area contributed by atoms with E-state index < -0.39 is 12.1 Å². The molecule has 3 nitrogen and oxygen atoms in total. The Hall–Kier alpha value is -0.780. The summed E-state index contributed by atoms with van der Waals surface area (Å²) >= 11 is 0. The molecule has 1 saturated heterocycles. The molecule has 1 amide bonds. The Labute approximate surface area is 111 Å². The second-order valence-corrected chi connectivity index (χ2v) is 5.53. The number of hydrogen-bond donors (Lipinski definition) is 0. The molecule has 1 atom stereocenters. The van der Waals surface area contributed by atoms with E-state index >= 15 is 0 Å². The number of carbonyl (C=O) groups excluding carboxylic acids is 1. The first-order valence-corrected chi connectivity index (χ1v) is 7.00. The Morgan fingerprint density at radius 3 is 2.53 bits per heavy atom. The average Bonchev–Trinajstić information content (AvgIpc) is 3.13. The van der Waals surface area contributed by atoms with Crippen molar-refractivity contribution in [3.8, 4) is 0 Å². The quantitative estimate of drug-likeness (QED) is 0.787.